The molecule has 0 saturated carbocycles. The first-order valence-electron chi connectivity index (χ1n) is 10.5. The van der Waals surface area contributed by atoms with Crippen molar-refractivity contribution in [2.75, 3.05) is 24.5 Å². The maximum Gasteiger partial charge on any atom is 0.247 e. The van der Waals surface area contributed by atoms with Crippen LogP contribution in [-0.2, 0) is 19.6 Å². The van der Waals surface area contributed by atoms with Crippen LogP contribution < -0.4 is 10.2 Å². The second-order valence-electron chi connectivity index (χ2n) is 8.50. The van der Waals surface area contributed by atoms with Crippen molar-refractivity contribution in [2.45, 2.75) is 37.6 Å². The Morgan fingerprint density at radius 2 is 1.75 bits per heavy atom. The number of nitrogens with zero attached hydrogens (tertiary/aromatic N) is 2. The molecule has 1 saturated heterocycles. The van der Waals surface area contributed by atoms with E-state index in [4.69, 9.17) is 0 Å². The molecule has 1 fully saturated rings. The Morgan fingerprint density at radius 3 is 2.34 bits per heavy atom. The molecule has 1 unspecified atom stereocenters. The smallest absolute Gasteiger partial charge is 0.247 e. The van der Waals surface area contributed by atoms with Crippen LogP contribution in [0.2, 0.25) is 0 Å². The van der Waals surface area contributed by atoms with Crippen molar-refractivity contribution in [3.63, 3.8) is 0 Å². The Bertz CT molecular complexity index is 1070. The minimum atomic E-state index is -4.00. The summed E-state index contributed by atoms with van der Waals surface area (Å²) in [5.41, 5.74) is -1.19. The zero-order valence-electron chi connectivity index (χ0n) is 18.4. The van der Waals surface area contributed by atoms with Crippen LogP contribution in [0.4, 0.5) is 10.1 Å². The van der Waals surface area contributed by atoms with E-state index in [1.807, 2.05) is 13.8 Å². The van der Waals surface area contributed by atoms with Gasteiger partial charge in [-0.05, 0) is 55.7 Å². The molecule has 0 spiro atoms. The largest absolute Gasteiger partial charge is 0.354 e. The predicted molar refractivity (Wildman–Crippen MR) is 120 cm³/mol. The van der Waals surface area contributed by atoms with Gasteiger partial charge in [0, 0.05) is 18.8 Å². The highest BCUT2D eigenvalue weighted by molar-refractivity contribution is 7.89. The fourth-order valence-corrected chi connectivity index (χ4v) is 5.24. The van der Waals surface area contributed by atoms with E-state index in [0.717, 1.165) is 10.7 Å². The van der Waals surface area contributed by atoms with Crippen LogP contribution >= 0.6 is 0 Å². The van der Waals surface area contributed by atoms with Gasteiger partial charge in [0.25, 0.3) is 0 Å². The average molecular weight is 462 g/mol. The summed E-state index contributed by atoms with van der Waals surface area (Å²) in [6, 6.07) is 13.0. The van der Waals surface area contributed by atoms with Gasteiger partial charge in [-0.15, -0.1) is 0 Å². The number of hydrogen-bond acceptors (Lipinski definition) is 4. The van der Waals surface area contributed by atoms with E-state index in [1.165, 1.54) is 48.2 Å². The summed E-state index contributed by atoms with van der Waals surface area (Å²) in [4.78, 5) is 27.8. The number of carbonyl (C=O) groups excluding carboxylic acids is 2. The predicted octanol–water partition coefficient (Wildman–Crippen LogP) is 2.78. The van der Waals surface area contributed by atoms with E-state index >= 15 is 0 Å². The molecule has 32 heavy (non-hydrogen) atoms. The fraction of sp³-hybridized carbons (Fsp3) is 0.391. The molecule has 9 heteroatoms. The molecule has 1 N–H and O–H groups in total. The van der Waals surface area contributed by atoms with Crippen LogP contribution in [0.25, 0.3) is 0 Å². The summed E-state index contributed by atoms with van der Waals surface area (Å²) in [7, 11) is -4.00. The summed E-state index contributed by atoms with van der Waals surface area (Å²) in [5, 5.41) is 2.84. The van der Waals surface area contributed by atoms with Crippen molar-refractivity contribution in [3.05, 3.63) is 60.4 Å². The van der Waals surface area contributed by atoms with Gasteiger partial charge in [-0.25, -0.2) is 12.8 Å². The molecule has 0 aromatic heterocycles. The molecule has 0 aliphatic carbocycles. The maximum atomic E-state index is 13.5. The van der Waals surface area contributed by atoms with Gasteiger partial charge >= 0.3 is 0 Å². The Morgan fingerprint density at radius 1 is 1.12 bits per heavy atom. The average Bonchev–Trinajstić information content (AvgIpc) is 2.75. The molecule has 2 aromatic carbocycles. The number of anilines is 1. The van der Waals surface area contributed by atoms with Gasteiger partial charge in [0.15, 0.2) is 0 Å². The van der Waals surface area contributed by atoms with Crippen LogP contribution in [0.3, 0.4) is 0 Å². The quantitative estimate of drug-likeness (QED) is 0.687. The van der Waals surface area contributed by atoms with Gasteiger partial charge in [-0.3, -0.25) is 14.5 Å². The van der Waals surface area contributed by atoms with E-state index in [9.17, 15) is 22.4 Å². The van der Waals surface area contributed by atoms with E-state index in [2.05, 4.69) is 5.32 Å². The molecule has 1 aliphatic rings. The van der Waals surface area contributed by atoms with Crippen molar-refractivity contribution in [1.29, 1.82) is 0 Å². The summed E-state index contributed by atoms with van der Waals surface area (Å²) < 4.78 is 40.9. The Kier molecular flexibility index (Phi) is 7.00. The number of hydrogen-bond donors (Lipinski definition) is 1. The highest BCUT2D eigenvalue weighted by atomic mass is 32.2. The van der Waals surface area contributed by atoms with Crippen LogP contribution in [0.5, 0.6) is 0 Å². The number of halogens is 1. The Labute approximate surface area is 188 Å². The summed E-state index contributed by atoms with van der Waals surface area (Å²) in [6.07, 6.45) is 0.734. The van der Waals surface area contributed by atoms with Crippen LogP contribution in [0, 0.1) is 11.7 Å². The second-order valence-corrected chi connectivity index (χ2v) is 10.4. The van der Waals surface area contributed by atoms with Crippen molar-refractivity contribution in [1.82, 2.24) is 9.62 Å². The number of sulfonamides is 1. The molecule has 2 aromatic rings. The second kappa shape index (κ2) is 9.38. The molecule has 2 amide bonds. The lowest BCUT2D eigenvalue weighted by atomic mass is 9.94. The van der Waals surface area contributed by atoms with Crippen molar-refractivity contribution in [2.24, 2.45) is 5.92 Å². The molecular weight excluding hydrogens is 433 g/mol. The molecule has 1 heterocycles. The molecular formula is C23H28FN3O4S. The van der Waals surface area contributed by atoms with Crippen LogP contribution in [0.1, 0.15) is 27.2 Å². The molecule has 1 atom stereocenters. The zero-order valence-corrected chi connectivity index (χ0v) is 19.2. The van der Waals surface area contributed by atoms with Crippen molar-refractivity contribution >= 4 is 27.5 Å². The Hall–Kier alpha value is -2.78. The number of benzene rings is 2. The van der Waals surface area contributed by atoms with E-state index in [-0.39, 0.29) is 11.4 Å². The minimum Gasteiger partial charge on any atom is -0.354 e. The van der Waals surface area contributed by atoms with Gasteiger partial charge in [-0.2, -0.15) is 4.31 Å². The monoisotopic (exact) mass is 461 g/mol. The van der Waals surface area contributed by atoms with Crippen molar-refractivity contribution < 1.29 is 22.4 Å². The third-order valence-corrected chi connectivity index (χ3v) is 7.31. The normalized spacial score (nSPS) is 19.9. The molecule has 3 rings (SSSR count). The van der Waals surface area contributed by atoms with Crippen molar-refractivity contribution in [3.8, 4) is 0 Å². The third kappa shape index (κ3) is 4.83. The van der Waals surface area contributed by atoms with E-state index in [1.54, 1.807) is 18.2 Å². The van der Waals surface area contributed by atoms with Gasteiger partial charge in [0.1, 0.15) is 11.4 Å². The van der Waals surface area contributed by atoms with Gasteiger partial charge in [-0.1, -0.05) is 32.0 Å². The highest BCUT2D eigenvalue weighted by Gasteiger charge is 2.51. The topological polar surface area (TPSA) is 86.8 Å². The van der Waals surface area contributed by atoms with E-state index < -0.39 is 39.7 Å². The standard InChI is InChI=1S/C23H28FN3O4S/c1-17(2)13-14-25-22(29)23(3)16-26(32(30,31)20-7-5-4-6-8-20)15-21(28)27(23)19-11-9-18(24)10-12-19/h4-12,17H,13-16H2,1-3H3,(H,25,29). The van der Waals surface area contributed by atoms with Crippen LogP contribution in [-0.4, -0.2) is 49.7 Å². The lowest BCUT2D eigenvalue weighted by Gasteiger charge is -2.46. The maximum absolute atomic E-state index is 13.5. The minimum absolute atomic E-state index is 0.0469. The molecule has 0 bridgehead atoms. The van der Waals surface area contributed by atoms with Gasteiger partial charge < -0.3 is 5.32 Å². The molecule has 0 radical (unpaired) electrons. The number of rotatable bonds is 7. The lowest BCUT2D eigenvalue weighted by molar-refractivity contribution is -0.132. The number of amides is 2. The third-order valence-electron chi connectivity index (χ3n) is 5.50. The number of carbonyl (C=O) groups is 2. The zero-order chi connectivity index (χ0) is 23.5. The first kappa shape index (κ1) is 23.9. The summed E-state index contributed by atoms with van der Waals surface area (Å²) in [6.45, 7) is 5.31. The lowest BCUT2D eigenvalue weighted by Crippen LogP contribution is -2.70. The molecule has 7 nitrogen and oxygen atoms in total. The Balaban J connectivity index is 1.99. The van der Waals surface area contributed by atoms with Gasteiger partial charge in [0.2, 0.25) is 21.8 Å². The summed E-state index contributed by atoms with van der Waals surface area (Å²) in [5.74, 6) is -1.15. The number of piperazine rings is 1. The number of nitrogens with one attached hydrogen (secondary N) is 1. The van der Waals surface area contributed by atoms with Gasteiger partial charge in [0.05, 0.1) is 11.4 Å². The molecule has 1 aliphatic heterocycles. The highest BCUT2D eigenvalue weighted by Crippen LogP contribution is 2.32. The van der Waals surface area contributed by atoms with Crippen LogP contribution in [0.15, 0.2) is 59.5 Å². The summed E-state index contributed by atoms with van der Waals surface area (Å²) >= 11 is 0. The van der Waals surface area contributed by atoms with E-state index in [0.29, 0.717) is 18.2 Å². The first-order chi connectivity index (χ1) is 15.1. The molecule has 172 valence electrons. The SMILES string of the molecule is CC(C)CCNC(=O)C1(C)CN(S(=O)(=O)c2ccccc2)CC(=O)N1c1ccc(F)cc1. The first-order valence-corrected chi connectivity index (χ1v) is 11.9. The fourth-order valence-electron chi connectivity index (χ4n) is 3.74.